The molecule has 2 fully saturated rings. The third kappa shape index (κ3) is 3.31. The quantitative estimate of drug-likeness (QED) is 0.798. The Morgan fingerprint density at radius 2 is 2.00 bits per heavy atom. The molecule has 0 radical (unpaired) electrons. The maximum absolute atomic E-state index is 6.05. The summed E-state index contributed by atoms with van der Waals surface area (Å²) in [4.78, 5) is 7.20. The average Bonchev–Trinajstić information content (AvgIpc) is 3.27. The predicted molar refractivity (Wildman–Crippen MR) is 101 cm³/mol. The van der Waals surface area contributed by atoms with Gasteiger partial charge in [-0.05, 0) is 31.2 Å². The van der Waals surface area contributed by atoms with E-state index in [1.807, 2.05) is 20.4 Å². The van der Waals surface area contributed by atoms with Gasteiger partial charge in [0.25, 0.3) is 0 Å². The lowest BCUT2D eigenvalue weighted by Gasteiger charge is -2.43. The summed E-state index contributed by atoms with van der Waals surface area (Å²) in [7, 11) is 3.70. The van der Waals surface area contributed by atoms with Gasteiger partial charge in [0.1, 0.15) is 5.82 Å². The molecule has 1 aliphatic heterocycles. The summed E-state index contributed by atoms with van der Waals surface area (Å²) in [5.41, 5.74) is 1.29. The van der Waals surface area contributed by atoms with Crippen LogP contribution in [0.25, 0.3) is 0 Å². The van der Waals surface area contributed by atoms with Crippen LogP contribution in [-0.2, 0) is 22.6 Å². The van der Waals surface area contributed by atoms with Gasteiger partial charge in [0.2, 0.25) is 0 Å². The van der Waals surface area contributed by atoms with E-state index < -0.39 is 0 Å². The first-order chi connectivity index (χ1) is 12.7. The van der Waals surface area contributed by atoms with Gasteiger partial charge in [0.05, 0.1) is 18.2 Å². The van der Waals surface area contributed by atoms with E-state index in [1.165, 1.54) is 5.56 Å². The topological polar surface area (TPSA) is 39.5 Å². The lowest BCUT2D eigenvalue weighted by molar-refractivity contribution is -0.0950. The number of hydrogen-bond acceptors (Lipinski definition) is 4. The molecule has 140 valence electrons. The molecule has 0 bridgehead atoms. The Bertz CT molecular complexity index is 717. The predicted octanol–water partition coefficient (Wildman–Crippen LogP) is 3.09. The number of rotatable bonds is 6. The van der Waals surface area contributed by atoms with Crippen LogP contribution >= 0.6 is 0 Å². The van der Waals surface area contributed by atoms with Crippen LogP contribution in [0.1, 0.15) is 37.1 Å². The Kier molecular flexibility index (Phi) is 5.11. The minimum absolute atomic E-state index is 0.00805. The standard InChI is InChI=1S/C21H29N3O2/c1-25-18-8-9-21(26-2)10-12-23(19(21)14-18)16-20-22-11-13-24(20)15-17-6-4-3-5-7-17/h3-7,11,13,18-19H,8-10,12,14-16H2,1-2H3/t18-,19-,21+/m1/s1. The largest absolute Gasteiger partial charge is 0.381 e. The Hall–Kier alpha value is -1.69. The van der Waals surface area contributed by atoms with Crippen molar-refractivity contribution < 1.29 is 9.47 Å². The number of hydrogen-bond donors (Lipinski definition) is 0. The minimum Gasteiger partial charge on any atom is -0.381 e. The lowest BCUT2D eigenvalue weighted by Crippen LogP contribution is -2.51. The first-order valence-electron chi connectivity index (χ1n) is 9.60. The van der Waals surface area contributed by atoms with E-state index in [4.69, 9.17) is 9.47 Å². The van der Waals surface area contributed by atoms with Crippen molar-refractivity contribution in [3.05, 3.63) is 54.1 Å². The first-order valence-corrected chi connectivity index (χ1v) is 9.60. The molecule has 0 N–H and O–H groups in total. The van der Waals surface area contributed by atoms with E-state index in [0.717, 1.165) is 51.1 Å². The van der Waals surface area contributed by atoms with Gasteiger partial charge in [-0.3, -0.25) is 4.90 Å². The molecular formula is C21H29N3O2. The van der Waals surface area contributed by atoms with Crippen LogP contribution in [0.2, 0.25) is 0 Å². The number of ether oxygens (including phenoxy) is 2. The second-order valence-corrected chi connectivity index (χ2v) is 7.59. The summed E-state index contributed by atoms with van der Waals surface area (Å²) in [6.45, 7) is 2.80. The highest BCUT2D eigenvalue weighted by molar-refractivity contribution is 5.16. The van der Waals surface area contributed by atoms with E-state index >= 15 is 0 Å². The summed E-state index contributed by atoms with van der Waals surface area (Å²) in [5, 5.41) is 0. The van der Waals surface area contributed by atoms with E-state index in [-0.39, 0.29) is 5.60 Å². The van der Waals surface area contributed by atoms with Crippen molar-refractivity contribution in [3.63, 3.8) is 0 Å². The molecule has 1 saturated heterocycles. The molecule has 1 aromatic carbocycles. The van der Waals surface area contributed by atoms with E-state index in [1.54, 1.807) is 0 Å². The van der Waals surface area contributed by atoms with Crippen LogP contribution < -0.4 is 0 Å². The van der Waals surface area contributed by atoms with Gasteiger partial charge in [0.15, 0.2) is 0 Å². The highest BCUT2D eigenvalue weighted by atomic mass is 16.5. The number of fused-ring (bicyclic) bond motifs is 1. The lowest BCUT2D eigenvalue weighted by atomic mass is 9.79. The molecule has 2 aromatic rings. The molecule has 0 unspecified atom stereocenters. The fraction of sp³-hybridized carbons (Fsp3) is 0.571. The number of imidazole rings is 1. The summed E-state index contributed by atoms with van der Waals surface area (Å²) >= 11 is 0. The van der Waals surface area contributed by atoms with Crippen molar-refractivity contribution in [1.82, 2.24) is 14.5 Å². The molecule has 5 heteroatoms. The Balaban J connectivity index is 1.50. The smallest absolute Gasteiger partial charge is 0.123 e. The van der Waals surface area contributed by atoms with Gasteiger partial charge >= 0.3 is 0 Å². The molecule has 2 aliphatic rings. The van der Waals surface area contributed by atoms with Gasteiger partial charge in [-0.1, -0.05) is 30.3 Å². The van der Waals surface area contributed by atoms with Crippen molar-refractivity contribution in [1.29, 1.82) is 0 Å². The SMILES string of the molecule is CO[C@@H]1CC[C@]2(OC)CCN(Cc3nccn3Cc3ccccc3)[C@@H]2C1. The van der Waals surface area contributed by atoms with Crippen LogP contribution in [0.5, 0.6) is 0 Å². The molecule has 1 saturated carbocycles. The van der Waals surface area contributed by atoms with Gasteiger partial charge in [0, 0.05) is 45.7 Å². The monoisotopic (exact) mass is 355 g/mol. The molecular weight excluding hydrogens is 326 g/mol. The van der Waals surface area contributed by atoms with Crippen LogP contribution in [0.3, 0.4) is 0 Å². The van der Waals surface area contributed by atoms with Gasteiger partial charge in [-0.25, -0.2) is 4.98 Å². The Morgan fingerprint density at radius 1 is 1.15 bits per heavy atom. The number of benzene rings is 1. The molecule has 2 heterocycles. The maximum atomic E-state index is 6.05. The van der Waals surface area contributed by atoms with Gasteiger partial charge < -0.3 is 14.0 Å². The fourth-order valence-corrected chi connectivity index (χ4v) is 4.76. The normalized spacial score (nSPS) is 29.0. The molecule has 4 rings (SSSR count). The van der Waals surface area contributed by atoms with Crippen molar-refractivity contribution in [2.75, 3.05) is 20.8 Å². The average molecular weight is 355 g/mol. The second-order valence-electron chi connectivity index (χ2n) is 7.59. The molecule has 0 amide bonds. The minimum atomic E-state index is -0.00805. The maximum Gasteiger partial charge on any atom is 0.123 e. The van der Waals surface area contributed by atoms with Crippen molar-refractivity contribution in [2.45, 2.75) is 56.5 Å². The fourth-order valence-electron chi connectivity index (χ4n) is 4.76. The third-order valence-electron chi connectivity index (χ3n) is 6.33. The summed E-state index contributed by atoms with van der Waals surface area (Å²) in [6, 6.07) is 11.0. The molecule has 0 spiro atoms. The molecule has 26 heavy (non-hydrogen) atoms. The van der Waals surface area contributed by atoms with E-state index in [2.05, 4.69) is 51.0 Å². The Labute approximate surface area is 155 Å². The molecule has 5 nitrogen and oxygen atoms in total. The zero-order valence-electron chi connectivity index (χ0n) is 15.8. The third-order valence-corrected chi connectivity index (χ3v) is 6.33. The number of aromatic nitrogens is 2. The summed E-state index contributed by atoms with van der Waals surface area (Å²) in [5.74, 6) is 1.13. The number of nitrogens with zero attached hydrogens (tertiary/aromatic N) is 3. The number of likely N-dealkylation sites (tertiary alicyclic amines) is 1. The van der Waals surface area contributed by atoms with Crippen LogP contribution in [-0.4, -0.2) is 53.0 Å². The van der Waals surface area contributed by atoms with Crippen molar-refractivity contribution in [2.24, 2.45) is 0 Å². The summed E-state index contributed by atoms with van der Waals surface area (Å²) < 4.78 is 14.0. The van der Waals surface area contributed by atoms with Gasteiger partial charge in [-0.15, -0.1) is 0 Å². The zero-order valence-corrected chi connectivity index (χ0v) is 15.8. The highest BCUT2D eigenvalue weighted by Crippen LogP contribution is 2.43. The van der Waals surface area contributed by atoms with Crippen molar-refractivity contribution in [3.8, 4) is 0 Å². The molecule has 3 atom stereocenters. The zero-order chi connectivity index (χ0) is 18.0. The van der Waals surface area contributed by atoms with E-state index in [0.29, 0.717) is 12.1 Å². The van der Waals surface area contributed by atoms with Crippen molar-refractivity contribution >= 4 is 0 Å². The van der Waals surface area contributed by atoms with Crippen LogP contribution in [0, 0.1) is 0 Å². The van der Waals surface area contributed by atoms with Crippen LogP contribution in [0.4, 0.5) is 0 Å². The molecule has 1 aromatic heterocycles. The second kappa shape index (κ2) is 7.51. The molecule has 1 aliphatic carbocycles. The summed E-state index contributed by atoms with van der Waals surface area (Å²) in [6.07, 6.45) is 8.66. The number of methoxy groups -OCH3 is 2. The highest BCUT2D eigenvalue weighted by Gasteiger charge is 2.51. The van der Waals surface area contributed by atoms with Crippen LogP contribution in [0.15, 0.2) is 42.7 Å². The first kappa shape index (κ1) is 17.7. The van der Waals surface area contributed by atoms with Gasteiger partial charge in [-0.2, -0.15) is 0 Å². The van der Waals surface area contributed by atoms with E-state index in [9.17, 15) is 0 Å². The Morgan fingerprint density at radius 3 is 2.77 bits per heavy atom.